The number of benzene rings is 1. The Morgan fingerprint density at radius 2 is 1.62 bits per heavy atom. The first kappa shape index (κ1) is 22.0. The van der Waals surface area contributed by atoms with Gasteiger partial charge in [0, 0.05) is 5.54 Å². The minimum Gasteiger partial charge on any atom is -0.350 e. The molecule has 0 heterocycles. The van der Waals surface area contributed by atoms with Gasteiger partial charge in [0.05, 0.1) is 24.3 Å². The molecule has 0 aliphatic carbocycles. The van der Waals surface area contributed by atoms with Crippen molar-refractivity contribution >= 4 is 17.5 Å². The highest BCUT2D eigenvalue weighted by atomic mass is 19.4. The number of carbonyl (C=O) groups is 2. The third-order valence-corrected chi connectivity index (χ3v) is 4.05. The Kier molecular flexibility index (Phi) is 7.62. The van der Waals surface area contributed by atoms with Crippen LogP contribution in [-0.4, -0.2) is 41.9 Å². The molecule has 0 fully saturated rings. The summed E-state index contributed by atoms with van der Waals surface area (Å²) in [6.07, 6.45) is -3.81. The van der Waals surface area contributed by atoms with Gasteiger partial charge in [0.1, 0.15) is 0 Å². The van der Waals surface area contributed by atoms with Crippen LogP contribution in [0.3, 0.4) is 0 Å². The third-order valence-electron chi connectivity index (χ3n) is 4.05. The molecule has 1 aromatic rings. The molecule has 8 heteroatoms. The van der Waals surface area contributed by atoms with E-state index in [1.165, 1.54) is 18.2 Å². The van der Waals surface area contributed by atoms with Crippen molar-refractivity contribution in [2.45, 2.75) is 45.8 Å². The molecule has 0 saturated carbocycles. The van der Waals surface area contributed by atoms with Crippen molar-refractivity contribution < 1.29 is 22.8 Å². The summed E-state index contributed by atoms with van der Waals surface area (Å²) < 4.78 is 38.9. The van der Waals surface area contributed by atoms with E-state index in [0.717, 1.165) is 12.5 Å². The van der Waals surface area contributed by atoms with Crippen LogP contribution in [0.4, 0.5) is 18.9 Å². The summed E-state index contributed by atoms with van der Waals surface area (Å²) in [5, 5.41) is 5.14. The van der Waals surface area contributed by atoms with Crippen molar-refractivity contribution in [1.82, 2.24) is 10.2 Å². The Balaban J connectivity index is 2.70. The number of nitrogens with one attached hydrogen (secondary N) is 2. The minimum absolute atomic E-state index is 0.00569. The van der Waals surface area contributed by atoms with Crippen molar-refractivity contribution in [3.63, 3.8) is 0 Å². The molecule has 0 atom stereocenters. The molecule has 0 aliphatic rings. The Bertz CT molecular complexity index is 630. The van der Waals surface area contributed by atoms with Gasteiger partial charge in [0.15, 0.2) is 0 Å². The number of alkyl halides is 3. The van der Waals surface area contributed by atoms with Gasteiger partial charge in [0.25, 0.3) is 0 Å². The van der Waals surface area contributed by atoms with E-state index in [9.17, 15) is 22.8 Å². The van der Waals surface area contributed by atoms with Crippen molar-refractivity contribution in [3.05, 3.63) is 29.8 Å². The summed E-state index contributed by atoms with van der Waals surface area (Å²) in [6.45, 7) is 7.73. The lowest BCUT2D eigenvalue weighted by Gasteiger charge is -2.27. The molecule has 26 heavy (non-hydrogen) atoms. The molecule has 0 radical (unpaired) electrons. The van der Waals surface area contributed by atoms with E-state index in [4.69, 9.17) is 0 Å². The van der Waals surface area contributed by atoms with Crippen LogP contribution >= 0.6 is 0 Å². The van der Waals surface area contributed by atoms with Crippen LogP contribution < -0.4 is 10.6 Å². The predicted molar refractivity (Wildman–Crippen MR) is 94.7 cm³/mol. The highest BCUT2D eigenvalue weighted by molar-refractivity contribution is 5.93. The molecule has 5 nitrogen and oxygen atoms in total. The number of rotatable bonds is 8. The molecule has 0 bridgehead atoms. The van der Waals surface area contributed by atoms with Crippen LogP contribution in [0.15, 0.2) is 24.3 Å². The van der Waals surface area contributed by atoms with E-state index in [-0.39, 0.29) is 30.2 Å². The van der Waals surface area contributed by atoms with Crippen LogP contribution in [0.1, 0.15) is 39.7 Å². The van der Waals surface area contributed by atoms with Crippen molar-refractivity contribution in [3.8, 4) is 0 Å². The van der Waals surface area contributed by atoms with Crippen LogP contribution in [0.25, 0.3) is 0 Å². The zero-order valence-electron chi connectivity index (χ0n) is 15.5. The van der Waals surface area contributed by atoms with Crippen LogP contribution in [0.2, 0.25) is 0 Å². The minimum atomic E-state index is -4.56. The lowest BCUT2D eigenvalue weighted by Crippen LogP contribution is -2.48. The zero-order valence-corrected chi connectivity index (χ0v) is 15.5. The smallest absolute Gasteiger partial charge is 0.350 e. The maximum Gasteiger partial charge on any atom is 0.418 e. The van der Waals surface area contributed by atoms with E-state index in [2.05, 4.69) is 10.6 Å². The summed E-state index contributed by atoms with van der Waals surface area (Å²) in [5.74, 6) is -0.840. The molecule has 1 rings (SSSR count). The molecule has 0 unspecified atom stereocenters. The predicted octanol–water partition coefficient (Wildman–Crippen LogP) is 3.27. The van der Waals surface area contributed by atoms with Gasteiger partial charge in [-0.1, -0.05) is 26.0 Å². The van der Waals surface area contributed by atoms with Gasteiger partial charge in [-0.3, -0.25) is 14.5 Å². The van der Waals surface area contributed by atoms with E-state index < -0.39 is 17.6 Å². The van der Waals surface area contributed by atoms with Gasteiger partial charge in [-0.15, -0.1) is 0 Å². The maximum atomic E-state index is 13.0. The second-order valence-corrected chi connectivity index (χ2v) is 6.68. The molecule has 0 aromatic heterocycles. The molecule has 2 amide bonds. The number of carbonyl (C=O) groups excluding carboxylic acids is 2. The van der Waals surface area contributed by atoms with Crippen LogP contribution in [0, 0.1) is 0 Å². The number of nitrogens with zero attached hydrogens (tertiary/aromatic N) is 1. The third kappa shape index (κ3) is 7.03. The first-order valence-electron chi connectivity index (χ1n) is 8.48. The molecular formula is C18H26F3N3O2. The zero-order chi connectivity index (χ0) is 20.0. The lowest BCUT2D eigenvalue weighted by molar-refractivity contribution is -0.137. The Morgan fingerprint density at radius 3 is 2.15 bits per heavy atom. The van der Waals surface area contributed by atoms with Crippen LogP contribution in [0.5, 0.6) is 0 Å². The quantitative estimate of drug-likeness (QED) is 0.735. The molecular weight excluding hydrogens is 347 g/mol. The van der Waals surface area contributed by atoms with Gasteiger partial charge >= 0.3 is 6.18 Å². The highest BCUT2D eigenvalue weighted by Gasteiger charge is 2.33. The van der Waals surface area contributed by atoms with Crippen molar-refractivity contribution in [2.75, 3.05) is 25.0 Å². The number of halogens is 3. The summed E-state index contributed by atoms with van der Waals surface area (Å²) in [6, 6.07) is 4.79. The molecule has 2 N–H and O–H groups in total. The van der Waals surface area contributed by atoms with Gasteiger partial charge in [-0.2, -0.15) is 13.2 Å². The SMILES string of the molecule is CCN(CC(=O)Nc1ccccc1C(F)(F)F)CC(=O)NC(C)(C)CC. The molecule has 1 aromatic carbocycles. The fraction of sp³-hybridized carbons (Fsp3) is 0.556. The van der Waals surface area contributed by atoms with E-state index >= 15 is 0 Å². The Morgan fingerprint density at radius 1 is 1.04 bits per heavy atom. The summed E-state index contributed by atoms with van der Waals surface area (Å²) >= 11 is 0. The topological polar surface area (TPSA) is 61.4 Å². The lowest BCUT2D eigenvalue weighted by atomic mass is 10.0. The number of amides is 2. The Labute approximate surface area is 151 Å². The molecule has 146 valence electrons. The first-order chi connectivity index (χ1) is 12.0. The van der Waals surface area contributed by atoms with Gasteiger partial charge in [-0.05, 0) is 38.9 Å². The van der Waals surface area contributed by atoms with Gasteiger partial charge in [-0.25, -0.2) is 0 Å². The van der Waals surface area contributed by atoms with E-state index in [1.54, 1.807) is 11.8 Å². The maximum absolute atomic E-state index is 13.0. The van der Waals surface area contributed by atoms with Crippen LogP contribution in [-0.2, 0) is 15.8 Å². The summed E-state index contributed by atoms with van der Waals surface area (Å²) in [5.41, 5.74) is -1.55. The second-order valence-electron chi connectivity index (χ2n) is 6.68. The van der Waals surface area contributed by atoms with Crippen molar-refractivity contribution in [2.24, 2.45) is 0 Å². The molecule has 0 spiro atoms. The monoisotopic (exact) mass is 373 g/mol. The van der Waals surface area contributed by atoms with Crippen molar-refractivity contribution in [1.29, 1.82) is 0 Å². The normalized spacial score (nSPS) is 12.2. The summed E-state index contributed by atoms with van der Waals surface area (Å²) in [4.78, 5) is 25.8. The number of anilines is 1. The van der Waals surface area contributed by atoms with E-state index in [0.29, 0.717) is 6.54 Å². The average molecular weight is 373 g/mol. The van der Waals surface area contributed by atoms with E-state index in [1.807, 2.05) is 20.8 Å². The first-order valence-corrected chi connectivity index (χ1v) is 8.48. The highest BCUT2D eigenvalue weighted by Crippen LogP contribution is 2.34. The fourth-order valence-corrected chi connectivity index (χ4v) is 2.22. The standard InChI is InChI=1S/C18H26F3N3O2/c1-5-17(3,4)23-16(26)12-24(6-2)11-15(25)22-14-10-8-7-9-13(14)18(19,20)21/h7-10H,5-6,11-12H2,1-4H3,(H,22,25)(H,23,26). The number of para-hydroxylation sites is 1. The second kappa shape index (κ2) is 9.02. The van der Waals surface area contributed by atoms with Gasteiger partial charge < -0.3 is 10.6 Å². The summed E-state index contributed by atoms with van der Waals surface area (Å²) in [7, 11) is 0. The fourth-order valence-electron chi connectivity index (χ4n) is 2.22. The Hall–Kier alpha value is -2.09. The molecule has 0 saturated heterocycles. The van der Waals surface area contributed by atoms with Gasteiger partial charge in [0.2, 0.25) is 11.8 Å². The average Bonchev–Trinajstić information content (AvgIpc) is 2.53. The number of hydrogen-bond donors (Lipinski definition) is 2. The number of hydrogen-bond acceptors (Lipinski definition) is 3. The number of likely N-dealkylation sites (N-methyl/N-ethyl adjacent to an activating group) is 1. The molecule has 0 aliphatic heterocycles. The largest absolute Gasteiger partial charge is 0.418 e.